The number of ether oxygens (including phenoxy) is 3. The largest absolute Gasteiger partial charge is 0.492 e. The minimum atomic E-state index is -0.0997. The molecule has 1 N–H and O–H groups in total. The van der Waals surface area contributed by atoms with Gasteiger partial charge >= 0.3 is 0 Å². The van der Waals surface area contributed by atoms with Gasteiger partial charge in [0.05, 0.1) is 6.61 Å². The summed E-state index contributed by atoms with van der Waals surface area (Å²) in [4.78, 5) is 14.8. The summed E-state index contributed by atoms with van der Waals surface area (Å²) in [5.41, 5.74) is 2.62. The third-order valence-electron chi connectivity index (χ3n) is 5.38. The standard InChI is InChI=1S/C24H32N2O4/c1-26(22-9-12-29-13-10-22)11-14-30-23-8-4-5-19(16-23)17-25-24(27)21-7-3-6-20(15-21)18-28-2/h3-8,15-16,22H,9-14,17-18H2,1-2H3,(H,25,27). The third-order valence-corrected chi connectivity index (χ3v) is 5.38. The zero-order valence-corrected chi connectivity index (χ0v) is 17.9. The Bertz CT molecular complexity index is 805. The molecule has 1 aliphatic rings. The van der Waals surface area contributed by atoms with Gasteiger partial charge in [0, 0.05) is 45.0 Å². The first-order valence-electron chi connectivity index (χ1n) is 10.5. The maximum atomic E-state index is 12.5. The molecule has 3 rings (SSSR count). The summed E-state index contributed by atoms with van der Waals surface area (Å²) < 4.78 is 16.5. The summed E-state index contributed by atoms with van der Waals surface area (Å²) >= 11 is 0. The number of hydrogen-bond donors (Lipinski definition) is 1. The number of benzene rings is 2. The van der Waals surface area contributed by atoms with Crippen molar-refractivity contribution in [3.05, 3.63) is 65.2 Å². The Morgan fingerprint density at radius 2 is 1.90 bits per heavy atom. The van der Waals surface area contributed by atoms with Crippen LogP contribution in [-0.2, 0) is 22.6 Å². The minimum Gasteiger partial charge on any atom is -0.492 e. The Morgan fingerprint density at radius 3 is 2.70 bits per heavy atom. The zero-order chi connectivity index (χ0) is 21.2. The summed E-state index contributed by atoms with van der Waals surface area (Å²) in [7, 11) is 3.79. The first-order valence-corrected chi connectivity index (χ1v) is 10.5. The Labute approximate surface area is 179 Å². The normalized spacial score (nSPS) is 14.6. The molecule has 0 aliphatic carbocycles. The van der Waals surface area contributed by atoms with Crippen molar-refractivity contribution in [2.75, 3.05) is 40.5 Å². The number of nitrogens with one attached hydrogen (secondary N) is 1. The van der Waals surface area contributed by atoms with Crippen LogP contribution in [0.5, 0.6) is 5.75 Å². The van der Waals surface area contributed by atoms with Gasteiger partial charge in [-0.05, 0) is 55.3 Å². The van der Waals surface area contributed by atoms with Crippen LogP contribution in [-0.4, -0.2) is 57.4 Å². The molecule has 2 aromatic carbocycles. The Kier molecular flexibility index (Phi) is 8.68. The number of methoxy groups -OCH3 is 1. The summed E-state index contributed by atoms with van der Waals surface area (Å²) in [6, 6.07) is 15.9. The summed E-state index contributed by atoms with van der Waals surface area (Å²) in [5, 5.41) is 2.97. The highest BCUT2D eigenvalue weighted by atomic mass is 16.5. The van der Waals surface area contributed by atoms with Crippen LogP contribution in [0.4, 0.5) is 0 Å². The molecule has 6 heteroatoms. The van der Waals surface area contributed by atoms with Crippen LogP contribution in [0.15, 0.2) is 48.5 Å². The van der Waals surface area contributed by atoms with Crippen molar-refractivity contribution < 1.29 is 19.0 Å². The molecule has 162 valence electrons. The van der Waals surface area contributed by atoms with Crippen molar-refractivity contribution >= 4 is 5.91 Å². The lowest BCUT2D eigenvalue weighted by Gasteiger charge is -2.31. The fourth-order valence-corrected chi connectivity index (χ4v) is 3.61. The lowest BCUT2D eigenvalue weighted by atomic mass is 10.1. The second-order valence-electron chi connectivity index (χ2n) is 7.64. The average molecular weight is 413 g/mol. The summed E-state index contributed by atoms with van der Waals surface area (Å²) in [6.45, 7) is 4.15. The Hall–Kier alpha value is -2.41. The molecule has 0 aromatic heterocycles. The molecule has 6 nitrogen and oxygen atoms in total. The smallest absolute Gasteiger partial charge is 0.251 e. The highest BCUT2D eigenvalue weighted by molar-refractivity contribution is 5.94. The van der Waals surface area contributed by atoms with E-state index in [-0.39, 0.29) is 5.91 Å². The van der Waals surface area contributed by atoms with Crippen LogP contribution < -0.4 is 10.1 Å². The Balaban J connectivity index is 1.45. The van der Waals surface area contributed by atoms with E-state index in [0.29, 0.717) is 31.4 Å². The molecule has 2 aromatic rings. The minimum absolute atomic E-state index is 0.0997. The van der Waals surface area contributed by atoms with Gasteiger partial charge in [-0.25, -0.2) is 0 Å². The predicted molar refractivity (Wildman–Crippen MR) is 117 cm³/mol. The van der Waals surface area contributed by atoms with Crippen molar-refractivity contribution in [3.63, 3.8) is 0 Å². The fraction of sp³-hybridized carbons (Fsp3) is 0.458. The van der Waals surface area contributed by atoms with Gasteiger partial charge in [-0.1, -0.05) is 24.3 Å². The number of carbonyl (C=O) groups is 1. The number of carbonyl (C=O) groups excluding carboxylic acids is 1. The maximum Gasteiger partial charge on any atom is 0.251 e. The van der Waals surface area contributed by atoms with Gasteiger partial charge in [0.1, 0.15) is 12.4 Å². The van der Waals surface area contributed by atoms with Crippen molar-refractivity contribution in [1.29, 1.82) is 0 Å². The molecule has 1 fully saturated rings. The fourth-order valence-electron chi connectivity index (χ4n) is 3.61. The molecule has 0 atom stereocenters. The van der Waals surface area contributed by atoms with Gasteiger partial charge in [0.25, 0.3) is 5.91 Å². The van der Waals surface area contributed by atoms with E-state index in [1.54, 1.807) is 7.11 Å². The van der Waals surface area contributed by atoms with Gasteiger partial charge in [0.2, 0.25) is 0 Å². The first kappa shape index (κ1) is 22.3. The van der Waals surface area contributed by atoms with E-state index in [1.807, 2.05) is 48.5 Å². The monoisotopic (exact) mass is 412 g/mol. The lowest BCUT2D eigenvalue weighted by molar-refractivity contribution is 0.0392. The van der Waals surface area contributed by atoms with E-state index >= 15 is 0 Å². The Morgan fingerprint density at radius 1 is 1.13 bits per heavy atom. The zero-order valence-electron chi connectivity index (χ0n) is 17.9. The predicted octanol–water partition coefficient (Wildman–Crippen LogP) is 3.25. The maximum absolute atomic E-state index is 12.5. The molecule has 0 unspecified atom stereocenters. The highest BCUT2D eigenvalue weighted by Gasteiger charge is 2.18. The van der Waals surface area contributed by atoms with Crippen LogP contribution >= 0.6 is 0 Å². The lowest BCUT2D eigenvalue weighted by Crippen LogP contribution is -2.38. The second kappa shape index (κ2) is 11.7. The molecule has 1 saturated heterocycles. The molecule has 1 heterocycles. The van der Waals surface area contributed by atoms with Crippen LogP contribution in [0.3, 0.4) is 0 Å². The third kappa shape index (κ3) is 6.83. The molecule has 1 amide bonds. The van der Waals surface area contributed by atoms with Gasteiger partial charge < -0.3 is 19.5 Å². The van der Waals surface area contributed by atoms with E-state index in [0.717, 1.165) is 49.5 Å². The van der Waals surface area contributed by atoms with Gasteiger partial charge in [0.15, 0.2) is 0 Å². The average Bonchev–Trinajstić information content (AvgIpc) is 2.79. The summed E-state index contributed by atoms with van der Waals surface area (Å²) in [6.07, 6.45) is 2.17. The van der Waals surface area contributed by atoms with E-state index in [9.17, 15) is 4.79 Å². The van der Waals surface area contributed by atoms with E-state index in [4.69, 9.17) is 14.2 Å². The van der Waals surface area contributed by atoms with Crippen LogP contribution in [0.25, 0.3) is 0 Å². The van der Waals surface area contributed by atoms with Crippen LogP contribution in [0, 0.1) is 0 Å². The van der Waals surface area contributed by atoms with Crippen LogP contribution in [0.1, 0.15) is 34.3 Å². The molecular formula is C24H32N2O4. The number of rotatable bonds is 10. The van der Waals surface area contributed by atoms with Crippen molar-refractivity contribution in [2.45, 2.75) is 32.0 Å². The number of likely N-dealkylation sites (N-methyl/N-ethyl adjacent to an activating group) is 1. The quantitative estimate of drug-likeness (QED) is 0.649. The summed E-state index contributed by atoms with van der Waals surface area (Å²) in [5.74, 6) is 0.724. The topological polar surface area (TPSA) is 60.0 Å². The van der Waals surface area contributed by atoms with Crippen molar-refractivity contribution in [2.24, 2.45) is 0 Å². The van der Waals surface area contributed by atoms with Gasteiger partial charge in [-0.2, -0.15) is 0 Å². The van der Waals surface area contributed by atoms with Crippen molar-refractivity contribution in [3.8, 4) is 5.75 Å². The highest BCUT2D eigenvalue weighted by Crippen LogP contribution is 2.15. The molecular weight excluding hydrogens is 380 g/mol. The number of hydrogen-bond acceptors (Lipinski definition) is 5. The van der Waals surface area contributed by atoms with Crippen molar-refractivity contribution in [1.82, 2.24) is 10.2 Å². The number of nitrogens with zero attached hydrogens (tertiary/aromatic N) is 1. The molecule has 30 heavy (non-hydrogen) atoms. The SMILES string of the molecule is COCc1cccc(C(=O)NCc2cccc(OCCN(C)C3CCOCC3)c2)c1. The molecule has 1 aliphatic heterocycles. The molecule has 0 spiro atoms. The van der Waals surface area contributed by atoms with E-state index in [1.165, 1.54) is 0 Å². The molecule has 0 bridgehead atoms. The van der Waals surface area contributed by atoms with E-state index < -0.39 is 0 Å². The van der Waals surface area contributed by atoms with Gasteiger partial charge in [-0.3, -0.25) is 9.69 Å². The number of amides is 1. The first-order chi connectivity index (χ1) is 14.7. The molecule has 0 saturated carbocycles. The molecule has 0 radical (unpaired) electrons. The van der Waals surface area contributed by atoms with Crippen LogP contribution in [0.2, 0.25) is 0 Å². The second-order valence-corrected chi connectivity index (χ2v) is 7.64. The van der Waals surface area contributed by atoms with Gasteiger partial charge in [-0.15, -0.1) is 0 Å². The van der Waals surface area contributed by atoms with E-state index in [2.05, 4.69) is 17.3 Å².